The lowest BCUT2D eigenvalue weighted by atomic mass is 10.1. The smallest absolute Gasteiger partial charge is 0.0486 e. The van der Waals surface area contributed by atoms with Crippen molar-refractivity contribution in [3.05, 3.63) is 48.2 Å². The Balaban J connectivity index is 2.33. The molecular formula is C16H22N2. The molecule has 2 heteroatoms. The van der Waals surface area contributed by atoms with E-state index in [2.05, 4.69) is 67.7 Å². The SMILES string of the molecule is C=C(C)Cn1ccc2c(CNC(C)C)cccc21. The first-order valence-corrected chi connectivity index (χ1v) is 6.52. The molecule has 18 heavy (non-hydrogen) atoms. The van der Waals surface area contributed by atoms with Crippen LogP contribution in [0, 0.1) is 0 Å². The zero-order valence-electron chi connectivity index (χ0n) is 11.5. The largest absolute Gasteiger partial charge is 0.343 e. The number of rotatable bonds is 5. The molecule has 2 aromatic rings. The standard InChI is InChI=1S/C16H22N2/c1-12(2)11-18-9-8-15-14(10-17-13(3)4)6-5-7-16(15)18/h5-9,13,17H,1,10-11H2,2-4H3. The van der Waals surface area contributed by atoms with Crippen molar-refractivity contribution in [1.29, 1.82) is 0 Å². The van der Waals surface area contributed by atoms with Gasteiger partial charge in [0.25, 0.3) is 0 Å². The average molecular weight is 242 g/mol. The molecule has 1 heterocycles. The number of nitrogens with one attached hydrogen (secondary N) is 1. The first-order valence-electron chi connectivity index (χ1n) is 6.52. The molecule has 96 valence electrons. The second-order valence-electron chi connectivity index (χ2n) is 5.29. The van der Waals surface area contributed by atoms with E-state index in [1.54, 1.807) is 0 Å². The lowest BCUT2D eigenvalue weighted by Gasteiger charge is -2.10. The van der Waals surface area contributed by atoms with Gasteiger partial charge in [-0.1, -0.05) is 38.1 Å². The molecule has 0 aliphatic carbocycles. The van der Waals surface area contributed by atoms with Gasteiger partial charge in [-0.05, 0) is 24.6 Å². The highest BCUT2D eigenvalue weighted by atomic mass is 15.0. The summed E-state index contributed by atoms with van der Waals surface area (Å²) in [6.45, 7) is 12.2. The lowest BCUT2D eigenvalue weighted by Crippen LogP contribution is -2.21. The fraction of sp³-hybridized carbons (Fsp3) is 0.375. The Bertz CT molecular complexity index is 549. The number of benzene rings is 1. The first-order chi connectivity index (χ1) is 8.58. The third kappa shape index (κ3) is 2.82. The van der Waals surface area contributed by atoms with Crippen LogP contribution in [0.1, 0.15) is 26.3 Å². The van der Waals surface area contributed by atoms with Crippen molar-refractivity contribution >= 4 is 10.9 Å². The molecule has 0 aliphatic heterocycles. The van der Waals surface area contributed by atoms with Gasteiger partial charge in [-0.15, -0.1) is 0 Å². The number of hydrogen-bond acceptors (Lipinski definition) is 1. The van der Waals surface area contributed by atoms with Gasteiger partial charge in [0.15, 0.2) is 0 Å². The minimum atomic E-state index is 0.512. The van der Waals surface area contributed by atoms with Gasteiger partial charge in [-0.25, -0.2) is 0 Å². The van der Waals surface area contributed by atoms with Crippen molar-refractivity contribution in [3.63, 3.8) is 0 Å². The first kappa shape index (κ1) is 12.9. The molecule has 1 N–H and O–H groups in total. The molecule has 0 radical (unpaired) electrons. The Morgan fingerprint density at radius 1 is 1.33 bits per heavy atom. The second kappa shape index (κ2) is 5.40. The van der Waals surface area contributed by atoms with Crippen LogP contribution in [-0.2, 0) is 13.1 Å². The highest BCUT2D eigenvalue weighted by Gasteiger charge is 2.05. The maximum atomic E-state index is 3.99. The summed E-state index contributed by atoms with van der Waals surface area (Å²) in [4.78, 5) is 0. The number of aromatic nitrogens is 1. The van der Waals surface area contributed by atoms with Gasteiger partial charge in [-0.2, -0.15) is 0 Å². The van der Waals surface area contributed by atoms with E-state index < -0.39 is 0 Å². The zero-order chi connectivity index (χ0) is 13.1. The number of allylic oxidation sites excluding steroid dienone is 1. The van der Waals surface area contributed by atoms with Gasteiger partial charge in [0.1, 0.15) is 0 Å². The van der Waals surface area contributed by atoms with Gasteiger partial charge in [0, 0.05) is 36.2 Å². The molecule has 0 fully saturated rings. The summed E-state index contributed by atoms with van der Waals surface area (Å²) in [5, 5.41) is 4.82. The molecule has 0 amide bonds. The van der Waals surface area contributed by atoms with Crippen LogP contribution < -0.4 is 5.32 Å². The van der Waals surface area contributed by atoms with Gasteiger partial charge in [-0.3, -0.25) is 0 Å². The molecule has 0 aliphatic rings. The van der Waals surface area contributed by atoms with Crippen LogP contribution in [0.25, 0.3) is 10.9 Å². The molecule has 0 saturated heterocycles. The van der Waals surface area contributed by atoms with E-state index in [1.807, 2.05) is 0 Å². The molecule has 0 spiro atoms. The topological polar surface area (TPSA) is 17.0 Å². The maximum absolute atomic E-state index is 3.99. The lowest BCUT2D eigenvalue weighted by molar-refractivity contribution is 0.590. The van der Waals surface area contributed by atoms with E-state index in [1.165, 1.54) is 22.0 Å². The summed E-state index contributed by atoms with van der Waals surface area (Å²) < 4.78 is 2.26. The van der Waals surface area contributed by atoms with Crippen molar-refractivity contribution in [3.8, 4) is 0 Å². The van der Waals surface area contributed by atoms with E-state index in [9.17, 15) is 0 Å². The molecule has 0 atom stereocenters. The van der Waals surface area contributed by atoms with Crippen molar-refractivity contribution in [1.82, 2.24) is 9.88 Å². The van der Waals surface area contributed by atoms with Crippen LogP contribution in [0.3, 0.4) is 0 Å². The molecule has 0 saturated carbocycles. The summed E-state index contributed by atoms with van der Waals surface area (Å²) in [7, 11) is 0. The van der Waals surface area contributed by atoms with E-state index in [-0.39, 0.29) is 0 Å². The molecule has 1 aromatic heterocycles. The van der Waals surface area contributed by atoms with E-state index in [4.69, 9.17) is 0 Å². The van der Waals surface area contributed by atoms with E-state index in [0.717, 1.165) is 13.1 Å². The van der Waals surface area contributed by atoms with Gasteiger partial charge in [0.05, 0.1) is 0 Å². The third-order valence-electron chi connectivity index (χ3n) is 3.05. The summed E-state index contributed by atoms with van der Waals surface area (Å²) in [6, 6.07) is 9.22. The van der Waals surface area contributed by atoms with E-state index >= 15 is 0 Å². The maximum Gasteiger partial charge on any atom is 0.0486 e. The van der Waals surface area contributed by atoms with Gasteiger partial charge < -0.3 is 9.88 Å². The molecule has 0 bridgehead atoms. The fourth-order valence-corrected chi connectivity index (χ4v) is 2.18. The van der Waals surface area contributed by atoms with Crippen LogP contribution in [0.15, 0.2) is 42.6 Å². The quantitative estimate of drug-likeness (QED) is 0.791. The van der Waals surface area contributed by atoms with Crippen LogP contribution in [0.2, 0.25) is 0 Å². The summed E-state index contributed by atoms with van der Waals surface area (Å²) in [5.74, 6) is 0. The van der Waals surface area contributed by atoms with Crippen molar-refractivity contribution in [2.24, 2.45) is 0 Å². The number of nitrogens with zero attached hydrogens (tertiary/aromatic N) is 1. The van der Waals surface area contributed by atoms with Crippen LogP contribution in [0.4, 0.5) is 0 Å². The third-order valence-corrected chi connectivity index (χ3v) is 3.05. The minimum Gasteiger partial charge on any atom is -0.343 e. The van der Waals surface area contributed by atoms with Crippen LogP contribution in [0.5, 0.6) is 0 Å². The predicted octanol–water partition coefficient (Wildman–Crippen LogP) is 3.72. The minimum absolute atomic E-state index is 0.512. The Morgan fingerprint density at radius 2 is 2.11 bits per heavy atom. The molecule has 1 aromatic carbocycles. The van der Waals surface area contributed by atoms with Crippen LogP contribution in [-0.4, -0.2) is 10.6 Å². The normalized spacial score (nSPS) is 11.3. The Labute approximate surface area is 109 Å². The van der Waals surface area contributed by atoms with Crippen LogP contribution >= 0.6 is 0 Å². The van der Waals surface area contributed by atoms with Crippen molar-refractivity contribution in [2.75, 3.05) is 0 Å². The molecule has 0 unspecified atom stereocenters. The predicted molar refractivity (Wildman–Crippen MR) is 78.7 cm³/mol. The zero-order valence-corrected chi connectivity index (χ0v) is 11.5. The summed E-state index contributed by atoms with van der Waals surface area (Å²) >= 11 is 0. The second-order valence-corrected chi connectivity index (χ2v) is 5.29. The number of hydrogen-bond donors (Lipinski definition) is 1. The summed E-state index contributed by atoms with van der Waals surface area (Å²) in [6.07, 6.45) is 2.15. The monoisotopic (exact) mass is 242 g/mol. The Morgan fingerprint density at radius 3 is 2.78 bits per heavy atom. The molecule has 2 nitrogen and oxygen atoms in total. The Hall–Kier alpha value is -1.54. The summed E-state index contributed by atoms with van der Waals surface area (Å²) in [5.41, 5.74) is 3.83. The van der Waals surface area contributed by atoms with Crippen molar-refractivity contribution < 1.29 is 0 Å². The fourth-order valence-electron chi connectivity index (χ4n) is 2.18. The van der Waals surface area contributed by atoms with Gasteiger partial charge >= 0.3 is 0 Å². The number of fused-ring (bicyclic) bond motifs is 1. The highest BCUT2D eigenvalue weighted by molar-refractivity contribution is 5.83. The molecular weight excluding hydrogens is 220 g/mol. The van der Waals surface area contributed by atoms with Gasteiger partial charge in [0.2, 0.25) is 0 Å². The highest BCUT2D eigenvalue weighted by Crippen LogP contribution is 2.21. The van der Waals surface area contributed by atoms with E-state index in [0.29, 0.717) is 6.04 Å². The van der Waals surface area contributed by atoms with Crippen molar-refractivity contribution in [2.45, 2.75) is 39.9 Å². The Kier molecular flexibility index (Phi) is 3.87. The average Bonchev–Trinajstić information content (AvgIpc) is 2.69. The molecule has 2 rings (SSSR count).